The van der Waals surface area contributed by atoms with Crippen LogP contribution >= 0.6 is 0 Å². The summed E-state index contributed by atoms with van der Waals surface area (Å²) in [5.41, 5.74) is 1.57. The van der Waals surface area contributed by atoms with Crippen molar-refractivity contribution < 1.29 is 13.9 Å². The number of hydrogen-bond donors (Lipinski definition) is 0. The third kappa shape index (κ3) is 4.45. The highest BCUT2D eigenvalue weighted by Crippen LogP contribution is 2.28. The lowest BCUT2D eigenvalue weighted by atomic mass is 9.97. The van der Waals surface area contributed by atoms with Gasteiger partial charge in [0.1, 0.15) is 23.0 Å². The number of ether oxygens (including phenoxy) is 1. The van der Waals surface area contributed by atoms with Crippen molar-refractivity contribution in [2.45, 2.75) is 32.1 Å². The zero-order valence-electron chi connectivity index (χ0n) is 16.7. The molecule has 3 heterocycles. The lowest BCUT2D eigenvalue weighted by Crippen LogP contribution is -2.39. The molecule has 1 aromatic carbocycles. The molecule has 1 unspecified atom stereocenters. The molecule has 150 valence electrons. The van der Waals surface area contributed by atoms with Crippen LogP contribution in [-0.2, 0) is 6.42 Å². The van der Waals surface area contributed by atoms with Gasteiger partial charge in [-0.1, -0.05) is 12.1 Å². The van der Waals surface area contributed by atoms with Crippen LogP contribution in [0.4, 0.5) is 0 Å². The molecule has 4 rings (SSSR count). The number of benzene rings is 1. The predicted octanol–water partition coefficient (Wildman–Crippen LogP) is 3.39. The van der Waals surface area contributed by atoms with Gasteiger partial charge in [-0.3, -0.25) is 4.79 Å². The number of carbonyl (C=O) groups excluding carboxylic acids is 1. The van der Waals surface area contributed by atoms with Crippen molar-refractivity contribution in [3.05, 3.63) is 71.5 Å². The van der Waals surface area contributed by atoms with Gasteiger partial charge in [-0.05, 0) is 43.5 Å². The van der Waals surface area contributed by atoms with Crippen LogP contribution in [0.25, 0.3) is 0 Å². The number of rotatable bonds is 5. The second-order valence-corrected chi connectivity index (χ2v) is 7.27. The molecule has 0 bridgehead atoms. The average molecular weight is 392 g/mol. The Labute approximate surface area is 169 Å². The molecular formula is C22H24N4O3. The topological polar surface area (TPSA) is 81.4 Å². The second-order valence-electron chi connectivity index (χ2n) is 7.27. The third-order valence-corrected chi connectivity index (χ3v) is 5.16. The van der Waals surface area contributed by atoms with E-state index in [1.54, 1.807) is 32.5 Å². The van der Waals surface area contributed by atoms with Gasteiger partial charge >= 0.3 is 0 Å². The largest absolute Gasteiger partial charge is 0.497 e. The zero-order chi connectivity index (χ0) is 20.2. The van der Waals surface area contributed by atoms with Crippen molar-refractivity contribution in [3.8, 4) is 5.75 Å². The van der Waals surface area contributed by atoms with Crippen LogP contribution in [0.15, 0.2) is 47.1 Å². The fourth-order valence-electron chi connectivity index (χ4n) is 3.64. The Morgan fingerprint density at radius 2 is 2.07 bits per heavy atom. The lowest BCUT2D eigenvalue weighted by molar-refractivity contribution is 0.0691. The number of likely N-dealkylation sites (tertiary alicyclic amines) is 1. The van der Waals surface area contributed by atoms with E-state index in [2.05, 4.69) is 15.0 Å². The Kier molecular flexibility index (Phi) is 5.55. The minimum Gasteiger partial charge on any atom is -0.497 e. The summed E-state index contributed by atoms with van der Waals surface area (Å²) in [6.45, 7) is 3.09. The summed E-state index contributed by atoms with van der Waals surface area (Å²) >= 11 is 0. The highest BCUT2D eigenvalue weighted by atomic mass is 16.5. The van der Waals surface area contributed by atoms with Gasteiger partial charge in [0.25, 0.3) is 5.91 Å². The maximum absolute atomic E-state index is 12.8. The number of oxazole rings is 1. The maximum Gasteiger partial charge on any atom is 0.272 e. The van der Waals surface area contributed by atoms with E-state index in [1.807, 2.05) is 29.2 Å². The summed E-state index contributed by atoms with van der Waals surface area (Å²) in [4.78, 5) is 27.5. The number of amides is 1. The van der Waals surface area contributed by atoms with Crippen LogP contribution < -0.4 is 4.74 Å². The van der Waals surface area contributed by atoms with Gasteiger partial charge in [0, 0.05) is 25.7 Å². The molecule has 0 radical (unpaired) electrons. The fourth-order valence-corrected chi connectivity index (χ4v) is 3.64. The molecule has 2 aromatic heterocycles. The number of aryl methyl sites for hydroxylation is 1. The van der Waals surface area contributed by atoms with Crippen molar-refractivity contribution in [3.63, 3.8) is 0 Å². The molecule has 1 amide bonds. The summed E-state index contributed by atoms with van der Waals surface area (Å²) in [6, 6.07) is 9.58. The van der Waals surface area contributed by atoms with Gasteiger partial charge in [0.05, 0.1) is 19.2 Å². The highest BCUT2D eigenvalue weighted by Gasteiger charge is 2.29. The molecule has 1 aliphatic heterocycles. The minimum absolute atomic E-state index is 0.0646. The molecule has 1 atom stereocenters. The van der Waals surface area contributed by atoms with E-state index in [0.717, 1.165) is 36.5 Å². The molecule has 0 N–H and O–H groups in total. The number of carbonyl (C=O) groups is 1. The zero-order valence-corrected chi connectivity index (χ0v) is 16.7. The van der Waals surface area contributed by atoms with Gasteiger partial charge in [-0.15, -0.1) is 0 Å². The van der Waals surface area contributed by atoms with Crippen molar-refractivity contribution in [1.82, 2.24) is 19.9 Å². The summed E-state index contributed by atoms with van der Waals surface area (Å²) in [7, 11) is 1.65. The minimum atomic E-state index is -0.0646. The van der Waals surface area contributed by atoms with Gasteiger partial charge in [0.2, 0.25) is 0 Å². The fraction of sp³-hybridized carbons (Fsp3) is 0.364. The van der Waals surface area contributed by atoms with Crippen molar-refractivity contribution >= 4 is 5.91 Å². The van der Waals surface area contributed by atoms with Gasteiger partial charge < -0.3 is 14.1 Å². The van der Waals surface area contributed by atoms with Crippen LogP contribution in [-0.4, -0.2) is 46.0 Å². The van der Waals surface area contributed by atoms with Crippen LogP contribution in [0.2, 0.25) is 0 Å². The van der Waals surface area contributed by atoms with Crippen LogP contribution in [0.5, 0.6) is 5.75 Å². The van der Waals surface area contributed by atoms with E-state index in [-0.39, 0.29) is 11.8 Å². The van der Waals surface area contributed by atoms with Crippen LogP contribution in [0, 0.1) is 6.92 Å². The predicted molar refractivity (Wildman–Crippen MR) is 107 cm³/mol. The second kappa shape index (κ2) is 8.43. The molecule has 1 saturated heterocycles. The van der Waals surface area contributed by atoms with E-state index in [9.17, 15) is 4.79 Å². The molecule has 1 fully saturated rings. The molecule has 0 aliphatic carbocycles. The Morgan fingerprint density at radius 1 is 1.24 bits per heavy atom. The normalized spacial score (nSPS) is 16.6. The Bertz CT molecular complexity index is 984. The van der Waals surface area contributed by atoms with E-state index in [1.165, 1.54) is 0 Å². The summed E-state index contributed by atoms with van der Waals surface area (Å²) < 4.78 is 11.2. The smallest absolute Gasteiger partial charge is 0.272 e. The number of aromatic nitrogens is 3. The maximum atomic E-state index is 12.8. The molecule has 1 aliphatic rings. The van der Waals surface area contributed by atoms with E-state index < -0.39 is 0 Å². The molecule has 3 aromatic rings. The molecule has 0 spiro atoms. The van der Waals surface area contributed by atoms with Crippen LogP contribution in [0.1, 0.15) is 52.3 Å². The number of piperidine rings is 1. The third-order valence-electron chi connectivity index (χ3n) is 5.16. The number of methoxy groups -OCH3 is 1. The highest BCUT2D eigenvalue weighted by molar-refractivity contribution is 5.92. The SMILES string of the molecule is COc1ccc(Cc2cnc(C3CCCN(C(=O)c4ccnc(C)n4)C3)o2)cc1. The summed E-state index contributed by atoms with van der Waals surface area (Å²) in [5, 5.41) is 0. The monoisotopic (exact) mass is 392 g/mol. The van der Waals surface area contributed by atoms with Crippen molar-refractivity contribution in [2.75, 3.05) is 20.2 Å². The van der Waals surface area contributed by atoms with Gasteiger partial charge in [-0.25, -0.2) is 15.0 Å². The van der Waals surface area contributed by atoms with Gasteiger partial charge in [0.15, 0.2) is 5.89 Å². The summed E-state index contributed by atoms with van der Waals surface area (Å²) in [5.74, 6) is 2.98. The first-order valence-electron chi connectivity index (χ1n) is 9.79. The van der Waals surface area contributed by atoms with E-state index >= 15 is 0 Å². The molecule has 0 saturated carbocycles. The number of nitrogens with zero attached hydrogens (tertiary/aromatic N) is 4. The first-order valence-corrected chi connectivity index (χ1v) is 9.79. The standard InChI is InChI=1S/C22H24N4O3/c1-15-23-10-9-20(25-15)22(27)26-11-3-4-17(14-26)21-24-13-19(29-21)12-16-5-7-18(28-2)8-6-16/h5-10,13,17H,3-4,11-12,14H2,1-2H3. The Hall–Kier alpha value is -3.22. The van der Waals surface area contributed by atoms with Crippen molar-refractivity contribution in [1.29, 1.82) is 0 Å². The van der Waals surface area contributed by atoms with Crippen LogP contribution in [0.3, 0.4) is 0 Å². The Balaban J connectivity index is 1.42. The molecular weight excluding hydrogens is 368 g/mol. The lowest BCUT2D eigenvalue weighted by Gasteiger charge is -2.31. The summed E-state index contributed by atoms with van der Waals surface area (Å²) in [6.07, 6.45) is 5.95. The first kappa shape index (κ1) is 19.1. The molecule has 29 heavy (non-hydrogen) atoms. The Morgan fingerprint density at radius 3 is 2.83 bits per heavy atom. The first-order chi connectivity index (χ1) is 14.1. The van der Waals surface area contributed by atoms with E-state index in [0.29, 0.717) is 30.4 Å². The average Bonchev–Trinajstić information content (AvgIpc) is 3.22. The molecule has 7 nitrogen and oxygen atoms in total. The quantitative estimate of drug-likeness (QED) is 0.662. The van der Waals surface area contributed by atoms with Crippen molar-refractivity contribution in [2.24, 2.45) is 0 Å². The number of hydrogen-bond acceptors (Lipinski definition) is 6. The van der Waals surface area contributed by atoms with Gasteiger partial charge in [-0.2, -0.15) is 0 Å². The van der Waals surface area contributed by atoms with E-state index in [4.69, 9.17) is 9.15 Å². The molecule has 7 heteroatoms.